The molecule has 0 bridgehead atoms. The van der Waals surface area contributed by atoms with E-state index in [1.807, 2.05) is 95.9 Å². The van der Waals surface area contributed by atoms with Gasteiger partial charge in [0.05, 0.1) is 19.8 Å². The Hall–Kier alpha value is -4.89. The fourth-order valence-corrected chi connectivity index (χ4v) is 11.0. The predicted molar refractivity (Wildman–Crippen MR) is 253 cm³/mol. The normalized spacial score (nSPS) is 26.2. The molecule has 5 aromatic rings. The van der Waals surface area contributed by atoms with Crippen LogP contribution >= 0.6 is 7.82 Å². The number of fused-ring (bicyclic) bond motifs is 1. The van der Waals surface area contributed by atoms with Gasteiger partial charge in [-0.3, -0.25) is 27.5 Å². The number of anilines is 1. The zero-order valence-electron chi connectivity index (χ0n) is 39.3. The van der Waals surface area contributed by atoms with Crippen molar-refractivity contribution in [2.45, 2.75) is 114 Å². The van der Waals surface area contributed by atoms with Crippen molar-refractivity contribution in [3.63, 3.8) is 0 Å². The second-order valence-corrected chi connectivity index (χ2v) is 24.9. The van der Waals surface area contributed by atoms with Gasteiger partial charge in [-0.2, -0.15) is 4.98 Å². The molecule has 3 aromatic carbocycles. The molecule has 0 N–H and O–H groups in total. The lowest BCUT2D eigenvalue weighted by Crippen LogP contribution is -2.50. The molecule has 0 unspecified atom stereocenters. The number of aromatic nitrogens is 4. The minimum atomic E-state index is -4.36. The highest BCUT2D eigenvalue weighted by Gasteiger charge is 2.56. The maximum Gasteiger partial charge on any atom is 0.475 e. The molecule has 3 saturated heterocycles. The van der Waals surface area contributed by atoms with Gasteiger partial charge in [0.2, 0.25) is 0 Å². The molecule has 3 fully saturated rings. The van der Waals surface area contributed by atoms with Gasteiger partial charge in [0, 0.05) is 45.8 Å². The summed E-state index contributed by atoms with van der Waals surface area (Å²) in [4.78, 5) is 47.4. The summed E-state index contributed by atoms with van der Waals surface area (Å²) in [5.41, 5.74) is 1.15. The van der Waals surface area contributed by atoms with Gasteiger partial charge in [-0.05, 0) is 40.9 Å². The molecule has 0 radical (unpaired) electrons. The largest absolute Gasteiger partial charge is 0.475 e. The summed E-state index contributed by atoms with van der Waals surface area (Å²) in [7, 11) is -4.01. The van der Waals surface area contributed by atoms with Gasteiger partial charge in [-0.1, -0.05) is 112 Å². The first-order chi connectivity index (χ1) is 32.6. The smallest absolute Gasteiger partial charge is 0.408 e. The van der Waals surface area contributed by atoms with Crippen molar-refractivity contribution in [1.82, 2.24) is 18.7 Å². The molecule has 0 saturated carbocycles. The monoisotopic (exact) mass is 973 g/mol. The molecular formula is C48H60N5O13PSi. The standard InChI is InChI=1S/C48H60N5O13PSi/c1-48(2,3)68(6,7)66-41-37(64-45(43(41)59-5)52-26-24-39(54)53(47(52)56)32-60-29-35-21-15-10-16-22-35)31-62-67(57)61-30-36-40(65-67)42(58-4)44(63-36)51-25-23-38(49-46(51)55)50(27-33-17-11-8-12-18-33)28-34-19-13-9-14-20-34/h8-26,36-37,40-45H,27-32H2,1-7H3/t36-,37-,40-,41-,42-,43-,44-,45-,67+/m1/s1. The van der Waals surface area contributed by atoms with Crippen LogP contribution in [0.1, 0.15) is 49.9 Å². The van der Waals surface area contributed by atoms with E-state index in [1.165, 1.54) is 35.6 Å². The van der Waals surface area contributed by atoms with Crippen molar-refractivity contribution in [2.75, 3.05) is 32.3 Å². The second-order valence-electron chi connectivity index (χ2n) is 18.5. The Labute approximate surface area is 395 Å². The second kappa shape index (κ2) is 21.0. The molecule has 0 spiro atoms. The summed E-state index contributed by atoms with van der Waals surface area (Å²) < 4.78 is 73.4. The fourth-order valence-electron chi connectivity index (χ4n) is 8.27. The predicted octanol–water partition coefficient (Wildman–Crippen LogP) is 6.40. The first-order valence-corrected chi connectivity index (χ1v) is 26.9. The lowest BCUT2D eigenvalue weighted by atomic mass is 10.1. The molecule has 0 amide bonds. The zero-order chi connectivity index (χ0) is 48.2. The van der Waals surface area contributed by atoms with Crippen LogP contribution in [0.5, 0.6) is 0 Å². The molecule has 9 atom stereocenters. The van der Waals surface area contributed by atoms with E-state index >= 15 is 0 Å². The van der Waals surface area contributed by atoms with Crippen LogP contribution in [-0.2, 0) is 72.7 Å². The van der Waals surface area contributed by atoms with Crippen LogP contribution < -0.4 is 21.8 Å². The van der Waals surface area contributed by atoms with Crippen molar-refractivity contribution in [1.29, 1.82) is 0 Å². The van der Waals surface area contributed by atoms with E-state index < -0.39 is 82.2 Å². The summed E-state index contributed by atoms with van der Waals surface area (Å²) in [6, 6.07) is 32.3. The van der Waals surface area contributed by atoms with Crippen LogP contribution in [0.3, 0.4) is 0 Å². The fraction of sp³-hybridized carbons (Fsp3) is 0.458. The van der Waals surface area contributed by atoms with Crippen molar-refractivity contribution < 1.29 is 46.2 Å². The number of benzene rings is 3. The molecule has 3 aliphatic rings. The first kappa shape index (κ1) is 49.5. The van der Waals surface area contributed by atoms with Crippen molar-refractivity contribution in [3.8, 4) is 0 Å². The Kier molecular flexibility index (Phi) is 15.3. The average molecular weight is 974 g/mol. The van der Waals surface area contributed by atoms with Crippen LogP contribution in [0.2, 0.25) is 18.1 Å². The third-order valence-electron chi connectivity index (χ3n) is 12.9. The van der Waals surface area contributed by atoms with Crippen LogP contribution in [0.25, 0.3) is 0 Å². The molecule has 8 rings (SSSR count). The lowest BCUT2D eigenvalue weighted by molar-refractivity contribution is -0.0855. The number of methoxy groups -OCH3 is 2. The van der Waals surface area contributed by atoms with Gasteiger partial charge in [0.15, 0.2) is 20.8 Å². The van der Waals surface area contributed by atoms with E-state index in [9.17, 15) is 18.9 Å². The molecule has 3 aliphatic heterocycles. The Balaban J connectivity index is 0.992. The summed E-state index contributed by atoms with van der Waals surface area (Å²) in [5, 5.41) is -0.248. The third-order valence-corrected chi connectivity index (χ3v) is 18.9. The number of nitrogens with zero attached hydrogens (tertiary/aromatic N) is 5. The zero-order valence-corrected chi connectivity index (χ0v) is 41.2. The molecule has 20 heteroatoms. The highest BCUT2D eigenvalue weighted by Crippen LogP contribution is 2.57. The van der Waals surface area contributed by atoms with Gasteiger partial charge in [0.25, 0.3) is 5.56 Å². The number of phosphoric ester groups is 1. The van der Waals surface area contributed by atoms with Gasteiger partial charge < -0.3 is 33.0 Å². The van der Waals surface area contributed by atoms with Crippen LogP contribution in [0.4, 0.5) is 5.82 Å². The number of hydrogen-bond donors (Lipinski definition) is 0. The van der Waals surface area contributed by atoms with Gasteiger partial charge in [-0.25, -0.2) is 18.7 Å². The van der Waals surface area contributed by atoms with Gasteiger partial charge >= 0.3 is 19.2 Å². The van der Waals surface area contributed by atoms with Crippen LogP contribution in [0.15, 0.2) is 130 Å². The van der Waals surface area contributed by atoms with Crippen molar-refractivity contribution in [2.24, 2.45) is 0 Å². The Morgan fingerprint density at radius 2 is 1.35 bits per heavy atom. The maximum atomic E-state index is 14.4. The Morgan fingerprint density at radius 1 is 0.765 bits per heavy atom. The minimum absolute atomic E-state index is 0.181. The molecule has 0 aliphatic carbocycles. The summed E-state index contributed by atoms with van der Waals surface area (Å²) >= 11 is 0. The molecule has 68 heavy (non-hydrogen) atoms. The Bertz CT molecular complexity index is 2660. The van der Waals surface area contributed by atoms with Crippen molar-refractivity contribution in [3.05, 3.63) is 164 Å². The number of ether oxygens (including phenoxy) is 5. The van der Waals surface area contributed by atoms with E-state index in [1.54, 1.807) is 12.3 Å². The van der Waals surface area contributed by atoms with E-state index in [-0.39, 0.29) is 31.6 Å². The molecule has 364 valence electrons. The highest BCUT2D eigenvalue weighted by molar-refractivity contribution is 7.48. The number of phosphoric acid groups is 1. The average Bonchev–Trinajstić information content (AvgIpc) is 3.85. The SMILES string of the molecule is CO[C@@H]1[C@@H]2O[P@](=O)(OC[C@H]3O[C@@H](n4ccc(=O)n(COCc5ccccc5)c4=O)[C@H](OC)[C@@H]3O[Si](C)(C)C(C)(C)C)OC[C@H]2O[C@H]1n1ccc(N(Cc2ccccc2)Cc2ccccc2)nc1=O. The summed E-state index contributed by atoms with van der Waals surface area (Å²) in [6.07, 6.45) is -4.51. The minimum Gasteiger partial charge on any atom is -0.408 e. The van der Waals surface area contributed by atoms with E-state index in [0.29, 0.717) is 18.9 Å². The third kappa shape index (κ3) is 10.9. The Morgan fingerprint density at radius 3 is 1.94 bits per heavy atom. The molecule has 2 aromatic heterocycles. The topological polar surface area (TPSA) is 182 Å². The lowest BCUT2D eigenvalue weighted by Gasteiger charge is -2.40. The molecular weight excluding hydrogens is 914 g/mol. The first-order valence-electron chi connectivity index (χ1n) is 22.6. The summed E-state index contributed by atoms with van der Waals surface area (Å²) in [6.45, 7) is 10.7. The maximum absolute atomic E-state index is 14.4. The van der Waals surface area contributed by atoms with E-state index in [2.05, 4.69) is 38.8 Å². The quantitative estimate of drug-likeness (QED) is 0.0694. The van der Waals surface area contributed by atoms with E-state index in [0.717, 1.165) is 21.3 Å². The van der Waals surface area contributed by atoms with Gasteiger partial charge in [-0.15, -0.1) is 0 Å². The number of rotatable bonds is 18. The number of hydrogen-bond acceptors (Lipinski definition) is 15. The van der Waals surface area contributed by atoms with Gasteiger partial charge in [0.1, 0.15) is 49.2 Å². The summed E-state index contributed by atoms with van der Waals surface area (Å²) in [5.74, 6) is 0.475. The van der Waals surface area contributed by atoms with Crippen LogP contribution in [-0.4, -0.2) is 91.1 Å². The highest BCUT2D eigenvalue weighted by atomic mass is 31.2. The van der Waals surface area contributed by atoms with Crippen LogP contribution in [0, 0.1) is 0 Å². The molecule has 5 heterocycles. The van der Waals surface area contributed by atoms with Crippen molar-refractivity contribution >= 4 is 22.0 Å². The molecule has 18 nitrogen and oxygen atoms in total. The van der Waals surface area contributed by atoms with E-state index in [4.69, 9.17) is 41.7 Å².